The fraction of sp³-hybridized carbons (Fsp3) is 0.167. The summed E-state index contributed by atoms with van der Waals surface area (Å²) in [5, 5.41) is 4.02. The van der Waals surface area contributed by atoms with Gasteiger partial charge in [-0.25, -0.2) is 4.39 Å². The number of nitrogens with one attached hydrogen (secondary N) is 1. The number of benzene rings is 1. The highest BCUT2D eigenvalue weighted by Crippen LogP contribution is 2.42. The van der Waals surface area contributed by atoms with E-state index in [4.69, 9.17) is 16.6 Å². The van der Waals surface area contributed by atoms with Crippen molar-refractivity contribution in [3.8, 4) is 0 Å². The molecule has 5 rings (SSSR count). The van der Waals surface area contributed by atoms with Gasteiger partial charge < -0.3 is 19.2 Å². The minimum atomic E-state index is -0.235. The van der Waals surface area contributed by atoms with Crippen LogP contribution in [-0.2, 0) is 6.54 Å². The standard InChI is InChI=1S/C24H21FN4OS/c1-16-14-17(9-10-19(16)25)29-23(22(27-24(29)31)20-7-2-3-11-26-20)21-8-4-12-28(21)15-18-6-5-13-30-18/h2-14,22-23H,15H2,1H3,(H,27,31)/t22-,23+/m1/s1. The molecule has 1 N–H and O–H groups in total. The Morgan fingerprint density at radius 1 is 1.13 bits per heavy atom. The molecule has 0 radical (unpaired) electrons. The zero-order valence-corrected chi connectivity index (χ0v) is 17.7. The normalized spacial score (nSPS) is 18.4. The summed E-state index contributed by atoms with van der Waals surface area (Å²) in [7, 11) is 0. The summed E-state index contributed by atoms with van der Waals surface area (Å²) < 4.78 is 21.7. The molecule has 0 saturated carbocycles. The molecule has 1 fully saturated rings. The first-order valence-corrected chi connectivity index (χ1v) is 10.5. The van der Waals surface area contributed by atoms with Crippen molar-refractivity contribution in [1.82, 2.24) is 14.9 Å². The average Bonchev–Trinajstić information content (AvgIpc) is 3.52. The number of hydrogen-bond donors (Lipinski definition) is 1. The maximum absolute atomic E-state index is 14.0. The number of nitrogens with zero attached hydrogens (tertiary/aromatic N) is 3. The van der Waals surface area contributed by atoms with Crippen molar-refractivity contribution in [2.45, 2.75) is 25.6 Å². The van der Waals surface area contributed by atoms with E-state index in [1.807, 2.05) is 48.7 Å². The lowest BCUT2D eigenvalue weighted by Crippen LogP contribution is -2.30. The Morgan fingerprint density at radius 3 is 2.77 bits per heavy atom. The molecule has 0 amide bonds. The molecule has 1 aromatic carbocycles. The molecular weight excluding hydrogens is 411 g/mol. The Morgan fingerprint density at radius 2 is 2.03 bits per heavy atom. The van der Waals surface area contributed by atoms with E-state index >= 15 is 0 Å². The second-order valence-corrected chi connectivity index (χ2v) is 7.96. The van der Waals surface area contributed by atoms with Gasteiger partial charge in [-0.05, 0) is 79.3 Å². The van der Waals surface area contributed by atoms with Crippen LogP contribution in [0.4, 0.5) is 10.1 Å². The molecule has 0 unspecified atom stereocenters. The number of halogens is 1. The lowest BCUT2D eigenvalue weighted by atomic mass is 10.0. The van der Waals surface area contributed by atoms with Crippen LogP contribution in [0.3, 0.4) is 0 Å². The van der Waals surface area contributed by atoms with E-state index in [2.05, 4.69) is 25.8 Å². The summed E-state index contributed by atoms with van der Waals surface area (Å²) >= 11 is 5.75. The van der Waals surface area contributed by atoms with E-state index in [1.165, 1.54) is 6.07 Å². The summed E-state index contributed by atoms with van der Waals surface area (Å²) in [5.41, 5.74) is 3.36. The lowest BCUT2D eigenvalue weighted by molar-refractivity contribution is 0.475. The second kappa shape index (κ2) is 8.00. The maximum atomic E-state index is 14.0. The van der Waals surface area contributed by atoms with E-state index in [0.717, 1.165) is 22.8 Å². The van der Waals surface area contributed by atoms with E-state index in [-0.39, 0.29) is 17.9 Å². The summed E-state index contributed by atoms with van der Waals surface area (Å²) in [6, 6.07) is 18.6. The molecule has 1 aliphatic rings. The van der Waals surface area contributed by atoms with Crippen LogP contribution >= 0.6 is 12.2 Å². The van der Waals surface area contributed by atoms with Crippen molar-refractivity contribution in [3.63, 3.8) is 0 Å². The molecule has 1 aliphatic heterocycles. The van der Waals surface area contributed by atoms with E-state index in [9.17, 15) is 4.39 Å². The van der Waals surface area contributed by atoms with Crippen LogP contribution in [0.1, 0.15) is 34.8 Å². The molecule has 156 valence electrons. The first-order valence-electron chi connectivity index (χ1n) is 10.1. The van der Waals surface area contributed by atoms with Crippen molar-refractivity contribution >= 4 is 23.0 Å². The van der Waals surface area contributed by atoms with Crippen LogP contribution in [-0.4, -0.2) is 14.7 Å². The van der Waals surface area contributed by atoms with Crippen LogP contribution in [0.25, 0.3) is 0 Å². The van der Waals surface area contributed by atoms with Gasteiger partial charge in [0.2, 0.25) is 0 Å². The second-order valence-electron chi connectivity index (χ2n) is 7.57. The molecule has 1 saturated heterocycles. The third-order valence-electron chi connectivity index (χ3n) is 5.59. The van der Waals surface area contributed by atoms with Crippen molar-refractivity contribution in [1.29, 1.82) is 0 Å². The fourth-order valence-corrected chi connectivity index (χ4v) is 4.47. The Balaban J connectivity index is 1.62. The maximum Gasteiger partial charge on any atom is 0.174 e. The zero-order valence-electron chi connectivity index (χ0n) is 16.9. The summed E-state index contributed by atoms with van der Waals surface area (Å²) in [5.74, 6) is 0.630. The summed E-state index contributed by atoms with van der Waals surface area (Å²) in [6.45, 7) is 2.36. The van der Waals surface area contributed by atoms with Gasteiger partial charge >= 0.3 is 0 Å². The highest BCUT2D eigenvalue weighted by molar-refractivity contribution is 7.80. The third kappa shape index (κ3) is 3.61. The molecule has 2 atom stereocenters. The predicted molar refractivity (Wildman–Crippen MR) is 121 cm³/mol. The average molecular weight is 433 g/mol. The van der Waals surface area contributed by atoms with Gasteiger partial charge in [-0.15, -0.1) is 0 Å². The van der Waals surface area contributed by atoms with Crippen molar-refractivity contribution in [3.05, 3.63) is 108 Å². The van der Waals surface area contributed by atoms with Gasteiger partial charge in [0.25, 0.3) is 0 Å². The first kappa shape index (κ1) is 19.5. The number of aromatic nitrogens is 2. The van der Waals surface area contributed by atoms with Gasteiger partial charge in [0.15, 0.2) is 5.11 Å². The molecule has 3 aromatic heterocycles. The molecule has 0 spiro atoms. The number of furan rings is 1. The van der Waals surface area contributed by atoms with Gasteiger partial charge in [-0.1, -0.05) is 6.07 Å². The molecule has 31 heavy (non-hydrogen) atoms. The van der Waals surface area contributed by atoms with Gasteiger partial charge in [0.05, 0.1) is 24.5 Å². The van der Waals surface area contributed by atoms with Crippen molar-refractivity contribution < 1.29 is 8.81 Å². The molecule has 4 aromatic rings. The number of thiocarbonyl (C=S) groups is 1. The summed E-state index contributed by atoms with van der Waals surface area (Å²) in [6.07, 6.45) is 5.49. The quantitative estimate of drug-likeness (QED) is 0.442. The molecule has 0 aliphatic carbocycles. The number of pyridine rings is 1. The SMILES string of the molecule is Cc1cc(N2C(=S)N[C@H](c3ccccn3)[C@@H]2c2cccn2Cc2ccco2)ccc1F. The van der Waals surface area contributed by atoms with Crippen LogP contribution in [0, 0.1) is 12.7 Å². The monoisotopic (exact) mass is 432 g/mol. The third-order valence-corrected chi connectivity index (χ3v) is 5.91. The van der Waals surface area contributed by atoms with Gasteiger partial charge in [0.1, 0.15) is 17.6 Å². The Bertz CT molecular complexity index is 1210. The Hall–Kier alpha value is -3.45. The highest BCUT2D eigenvalue weighted by Gasteiger charge is 2.42. The van der Waals surface area contributed by atoms with Gasteiger partial charge in [-0.2, -0.15) is 0 Å². The van der Waals surface area contributed by atoms with Gasteiger partial charge in [-0.3, -0.25) is 4.98 Å². The van der Waals surface area contributed by atoms with Crippen molar-refractivity contribution in [2.75, 3.05) is 4.90 Å². The van der Waals surface area contributed by atoms with E-state index < -0.39 is 0 Å². The van der Waals surface area contributed by atoms with E-state index in [1.54, 1.807) is 25.5 Å². The van der Waals surface area contributed by atoms with Crippen LogP contribution < -0.4 is 10.2 Å². The lowest BCUT2D eigenvalue weighted by Gasteiger charge is -2.29. The van der Waals surface area contributed by atoms with Crippen molar-refractivity contribution in [2.24, 2.45) is 0 Å². The largest absolute Gasteiger partial charge is 0.467 e. The highest BCUT2D eigenvalue weighted by atomic mass is 32.1. The van der Waals surface area contributed by atoms with E-state index in [0.29, 0.717) is 17.2 Å². The molecule has 4 heterocycles. The molecule has 0 bridgehead atoms. The van der Waals surface area contributed by atoms with Crippen LogP contribution in [0.5, 0.6) is 0 Å². The Labute approximate surface area is 185 Å². The molecular formula is C24H21FN4OS. The predicted octanol–water partition coefficient (Wildman–Crippen LogP) is 5.15. The smallest absolute Gasteiger partial charge is 0.174 e. The number of anilines is 1. The summed E-state index contributed by atoms with van der Waals surface area (Å²) in [4.78, 5) is 6.63. The zero-order chi connectivity index (χ0) is 21.4. The molecule has 5 nitrogen and oxygen atoms in total. The van der Waals surface area contributed by atoms with Gasteiger partial charge in [0, 0.05) is 23.8 Å². The van der Waals surface area contributed by atoms with Crippen LogP contribution in [0.2, 0.25) is 0 Å². The minimum Gasteiger partial charge on any atom is -0.467 e. The number of hydrogen-bond acceptors (Lipinski definition) is 3. The number of rotatable bonds is 5. The van der Waals surface area contributed by atoms with Crippen LogP contribution in [0.15, 0.2) is 83.7 Å². The topological polar surface area (TPSA) is 46.2 Å². The Kier molecular flexibility index (Phi) is 5.03. The minimum absolute atomic E-state index is 0.163. The number of aryl methyl sites for hydroxylation is 1. The fourth-order valence-electron chi connectivity index (χ4n) is 4.12. The molecule has 7 heteroatoms. The first-order chi connectivity index (χ1) is 15.1.